The van der Waals surface area contributed by atoms with Crippen molar-refractivity contribution in [1.82, 2.24) is 9.97 Å². The average Bonchev–Trinajstić information content (AvgIpc) is 3.08. The van der Waals surface area contributed by atoms with Crippen molar-refractivity contribution >= 4 is 32.9 Å². The number of nitrogens with zero attached hydrogens (tertiary/aromatic N) is 2. The maximum Gasteiger partial charge on any atom is 0.416 e. The van der Waals surface area contributed by atoms with Gasteiger partial charge in [0.25, 0.3) is 0 Å². The molecule has 0 saturated heterocycles. The number of para-hydroxylation sites is 2. The van der Waals surface area contributed by atoms with Crippen LogP contribution >= 0.6 is 0 Å². The van der Waals surface area contributed by atoms with Crippen molar-refractivity contribution in [3.8, 4) is 11.5 Å². The zero-order valence-corrected chi connectivity index (χ0v) is 13.8. The highest BCUT2D eigenvalue weighted by Gasteiger charge is 2.31. The molecule has 2 heterocycles. The number of aromatic nitrogens is 2. The maximum atomic E-state index is 12.9. The fraction of sp³-hybridized carbons (Fsp3) is 0.0476. The van der Waals surface area contributed by atoms with Gasteiger partial charge in [-0.05, 0) is 36.4 Å². The number of hydrogen-bond donors (Lipinski definition) is 0. The number of alkyl halides is 3. The Balaban J connectivity index is 1.74. The molecule has 0 aliphatic carbocycles. The second-order valence-electron chi connectivity index (χ2n) is 6.26. The fourth-order valence-electron chi connectivity index (χ4n) is 3.19. The second-order valence-corrected chi connectivity index (χ2v) is 6.26. The van der Waals surface area contributed by atoms with Gasteiger partial charge in [0, 0.05) is 10.8 Å². The maximum absolute atomic E-state index is 12.9. The largest absolute Gasteiger partial charge is 0.436 e. The summed E-state index contributed by atoms with van der Waals surface area (Å²) in [6.07, 6.45) is -4.43. The number of halogens is 3. The van der Waals surface area contributed by atoms with Gasteiger partial charge in [0.15, 0.2) is 5.58 Å². The van der Waals surface area contributed by atoms with Crippen LogP contribution in [0, 0.1) is 0 Å². The van der Waals surface area contributed by atoms with Gasteiger partial charge in [0.05, 0.1) is 22.2 Å². The Labute approximate surface area is 151 Å². The number of fused-ring (bicyclic) bond motifs is 3. The molecule has 0 spiro atoms. The number of hydrogen-bond acceptors (Lipinski definition) is 3. The number of benzene rings is 3. The van der Waals surface area contributed by atoms with Crippen LogP contribution in [0.15, 0.2) is 71.1 Å². The molecule has 3 nitrogen and oxygen atoms in total. The highest BCUT2D eigenvalue weighted by Crippen LogP contribution is 2.34. The zero-order valence-electron chi connectivity index (χ0n) is 13.8. The third kappa shape index (κ3) is 2.61. The molecule has 3 aromatic carbocycles. The van der Waals surface area contributed by atoms with Crippen LogP contribution in [0.25, 0.3) is 44.4 Å². The first kappa shape index (κ1) is 15.8. The van der Waals surface area contributed by atoms with E-state index < -0.39 is 11.7 Å². The van der Waals surface area contributed by atoms with Gasteiger partial charge in [0.2, 0.25) is 5.89 Å². The molecule has 2 aromatic heterocycles. The first-order valence-electron chi connectivity index (χ1n) is 8.26. The Morgan fingerprint density at radius 1 is 0.741 bits per heavy atom. The molecule has 0 unspecified atom stereocenters. The first-order chi connectivity index (χ1) is 13.0. The zero-order chi connectivity index (χ0) is 18.6. The highest BCUT2D eigenvalue weighted by molar-refractivity contribution is 5.99. The molecular formula is C21H11F3N2O. The summed E-state index contributed by atoms with van der Waals surface area (Å²) < 4.78 is 44.4. The predicted octanol–water partition coefficient (Wildman–Crippen LogP) is 6.22. The number of oxazole rings is 1. The van der Waals surface area contributed by atoms with E-state index in [2.05, 4.69) is 4.98 Å². The van der Waals surface area contributed by atoms with Crippen LogP contribution in [0.2, 0.25) is 0 Å². The molecule has 27 heavy (non-hydrogen) atoms. The van der Waals surface area contributed by atoms with Crippen LogP contribution in [0.4, 0.5) is 13.2 Å². The van der Waals surface area contributed by atoms with Gasteiger partial charge >= 0.3 is 6.18 Å². The summed E-state index contributed by atoms with van der Waals surface area (Å²) in [5.41, 5.74) is 1.86. The standard InChI is InChI=1S/C21H11F3N2O/c22-21(23,24)14-8-9-17-18(11-14)27-20(26-17)15-6-3-5-13-10-12-4-1-2-7-16(12)25-19(13)15/h1-11H. The lowest BCUT2D eigenvalue weighted by Crippen LogP contribution is -2.03. The molecule has 5 aromatic rings. The van der Waals surface area contributed by atoms with Crippen LogP contribution in [0.1, 0.15) is 5.56 Å². The molecule has 0 bridgehead atoms. The smallest absolute Gasteiger partial charge is 0.416 e. The minimum atomic E-state index is -4.43. The summed E-state index contributed by atoms with van der Waals surface area (Å²) >= 11 is 0. The van der Waals surface area contributed by atoms with E-state index in [4.69, 9.17) is 9.40 Å². The monoisotopic (exact) mass is 364 g/mol. The topological polar surface area (TPSA) is 38.9 Å². The summed E-state index contributed by atoms with van der Waals surface area (Å²) in [6.45, 7) is 0. The van der Waals surface area contributed by atoms with Crippen molar-refractivity contribution in [2.24, 2.45) is 0 Å². The number of rotatable bonds is 1. The normalized spacial score (nSPS) is 12.3. The van der Waals surface area contributed by atoms with E-state index in [9.17, 15) is 13.2 Å². The van der Waals surface area contributed by atoms with Crippen molar-refractivity contribution in [3.63, 3.8) is 0 Å². The summed E-state index contributed by atoms with van der Waals surface area (Å²) in [4.78, 5) is 9.06. The molecule has 0 amide bonds. The molecule has 0 fully saturated rings. The minimum absolute atomic E-state index is 0.0950. The van der Waals surface area contributed by atoms with E-state index in [0.717, 1.165) is 28.4 Å². The molecule has 0 atom stereocenters. The van der Waals surface area contributed by atoms with Crippen LogP contribution in [0.3, 0.4) is 0 Å². The molecule has 0 N–H and O–H groups in total. The molecule has 0 saturated carbocycles. The van der Waals surface area contributed by atoms with Crippen LogP contribution in [0.5, 0.6) is 0 Å². The van der Waals surface area contributed by atoms with E-state index in [-0.39, 0.29) is 11.5 Å². The molecule has 0 aliphatic heterocycles. The Bertz CT molecular complexity index is 1320. The highest BCUT2D eigenvalue weighted by atomic mass is 19.4. The molecule has 132 valence electrons. The van der Waals surface area contributed by atoms with Gasteiger partial charge < -0.3 is 4.42 Å². The summed E-state index contributed by atoms with van der Waals surface area (Å²) in [7, 11) is 0. The SMILES string of the molecule is FC(F)(F)c1ccc2nc(-c3cccc4cc5ccccc5nc34)oc2c1. The van der Waals surface area contributed by atoms with Crippen molar-refractivity contribution in [2.45, 2.75) is 6.18 Å². The summed E-state index contributed by atoms with van der Waals surface area (Å²) in [5, 5.41) is 1.92. The van der Waals surface area contributed by atoms with Crippen molar-refractivity contribution in [3.05, 3.63) is 72.3 Å². The van der Waals surface area contributed by atoms with Gasteiger partial charge in [-0.3, -0.25) is 0 Å². The molecular weight excluding hydrogens is 353 g/mol. The van der Waals surface area contributed by atoms with Gasteiger partial charge in [-0.2, -0.15) is 13.2 Å². The lowest BCUT2D eigenvalue weighted by molar-refractivity contribution is -0.137. The van der Waals surface area contributed by atoms with E-state index in [1.165, 1.54) is 6.07 Å². The second kappa shape index (κ2) is 5.54. The van der Waals surface area contributed by atoms with Crippen LogP contribution in [-0.4, -0.2) is 9.97 Å². The first-order valence-corrected chi connectivity index (χ1v) is 8.26. The van der Waals surface area contributed by atoms with Crippen molar-refractivity contribution < 1.29 is 17.6 Å². The van der Waals surface area contributed by atoms with Crippen molar-refractivity contribution in [2.75, 3.05) is 0 Å². The molecule has 0 aliphatic rings. The quantitative estimate of drug-likeness (QED) is 0.332. The van der Waals surface area contributed by atoms with Gasteiger partial charge in [-0.1, -0.05) is 30.3 Å². The predicted molar refractivity (Wildman–Crippen MR) is 97.3 cm³/mol. The molecule has 0 radical (unpaired) electrons. The average molecular weight is 364 g/mol. The Morgan fingerprint density at radius 2 is 1.56 bits per heavy atom. The summed E-state index contributed by atoms with van der Waals surface area (Å²) in [5.74, 6) is 0.248. The van der Waals surface area contributed by atoms with E-state index in [1.807, 2.05) is 42.5 Å². The lowest BCUT2D eigenvalue weighted by atomic mass is 10.1. The van der Waals surface area contributed by atoms with Crippen molar-refractivity contribution in [1.29, 1.82) is 0 Å². The Morgan fingerprint density at radius 3 is 2.41 bits per heavy atom. The van der Waals surface area contributed by atoms with Gasteiger partial charge in [0.1, 0.15) is 5.52 Å². The fourth-order valence-corrected chi connectivity index (χ4v) is 3.19. The van der Waals surface area contributed by atoms with Crippen LogP contribution < -0.4 is 0 Å². The van der Waals surface area contributed by atoms with Crippen LogP contribution in [-0.2, 0) is 6.18 Å². The molecule has 6 heteroatoms. The Kier molecular flexibility index (Phi) is 3.25. The lowest BCUT2D eigenvalue weighted by Gasteiger charge is -2.05. The third-order valence-corrected chi connectivity index (χ3v) is 4.49. The van der Waals surface area contributed by atoms with E-state index >= 15 is 0 Å². The number of pyridine rings is 1. The van der Waals surface area contributed by atoms with E-state index in [1.54, 1.807) is 6.07 Å². The molecule has 5 rings (SSSR count). The Hall–Kier alpha value is -3.41. The van der Waals surface area contributed by atoms with E-state index in [0.29, 0.717) is 16.6 Å². The third-order valence-electron chi connectivity index (χ3n) is 4.49. The minimum Gasteiger partial charge on any atom is -0.436 e. The summed E-state index contributed by atoms with van der Waals surface area (Å²) in [6, 6.07) is 18.6. The van der Waals surface area contributed by atoms with Gasteiger partial charge in [-0.25, -0.2) is 9.97 Å². The van der Waals surface area contributed by atoms with Gasteiger partial charge in [-0.15, -0.1) is 0 Å².